The van der Waals surface area contributed by atoms with Crippen LogP contribution in [-0.4, -0.2) is 45.1 Å². The summed E-state index contributed by atoms with van der Waals surface area (Å²) in [5, 5.41) is 17.5. The van der Waals surface area contributed by atoms with Gasteiger partial charge in [0.15, 0.2) is 0 Å². The minimum absolute atomic E-state index is 0.00798. The summed E-state index contributed by atoms with van der Waals surface area (Å²) in [6.45, 7) is 10.2. The second-order valence-electron chi connectivity index (χ2n) is 9.89. The molecule has 166 valence electrons. The van der Waals surface area contributed by atoms with Crippen LogP contribution in [0.15, 0.2) is 18.6 Å². The topological polar surface area (TPSA) is 104 Å². The molecule has 1 unspecified atom stereocenters. The van der Waals surface area contributed by atoms with Crippen molar-refractivity contribution < 1.29 is 14.7 Å². The maximum absolute atomic E-state index is 12.6. The SMILES string of the molecule is CC(C)NC(=O)[C@@H](C)C1CC[C@@]2(C)CC[C@H](NC(=O)c3cnccn3)[C@@H](C)[C@@H]2[C@H]1O. The first-order chi connectivity index (χ1) is 14.1. The van der Waals surface area contributed by atoms with Gasteiger partial charge in [-0.3, -0.25) is 14.6 Å². The Balaban J connectivity index is 1.74. The Labute approximate surface area is 179 Å². The van der Waals surface area contributed by atoms with Gasteiger partial charge in [0.05, 0.1) is 12.3 Å². The van der Waals surface area contributed by atoms with E-state index in [1.54, 1.807) is 6.20 Å². The van der Waals surface area contributed by atoms with E-state index in [1.165, 1.54) is 12.4 Å². The molecule has 1 heterocycles. The van der Waals surface area contributed by atoms with Gasteiger partial charge >= 0.3 is 0 Å². The molecule has 1 aromatic heterocycles. The summed E-state index contributed by atoms with van der Waals surface area (Å²) in [4.78, 5) is 33.3. The van der Waals surface area contributed by atoms with Crippen LogP contribution in [0.4, 0.5) is 0 Å². The van der Waals surface area contributed by atoms with Crippen molar-refractivity contribution >= 4 is 11.8 Å². The van der Waals surface area contributed by atoms with Crippen molar-refractivity contribution in [2.75, 3.05) is 0 Å². The molecular weight excluding hydrogens is 380 g/mol. The molecular formula is C23H36N4O3. The Morgan fingerprint density at radius 2 is 1.90 bits per heavy atom. The molecule has 0 aliphatic heterocycles. The summed E-state index contributed by atoms with van der Waals surface area (Å²) >= 11 is 0. The second kappa shape index (κ2) is 9.00. The number of carbonyl (C=O) groups excluding carboxylic acids is 2. The van der Waals surface area contributed by atoms with E-state index < -0.39 is 6.10 Å². The fourth-order valence-corrected chi connectivity index (χ4v) is 5.77. The molecule has 2 amide bonds. The molecule has 7 atom stereocenters. The van der Waals surface area contributed by atoms with Gasteiger partial charge in [0.1, 0.15) is 5.69 Å². The number of rotatable bonds is 5. The summed E-state index contributed by atoms with van der Waals surface area (Å²) in [7, 11) is 0. The standard InChI is InChI=1S/C23H36N4O3/c1-13(2)26-21(29)14(3)16-6-8-23(5)9-7-17(15(4)19(23)20(16)28)27-22(30)18-12-24-10-11-25-18/h10-17,19-20,28H,6-9H2,1-5H3,(H,26,29)(H,27,30)/t14-,15+,16?,17-,19+,20-,23-/m0/s1. The van der Waals surface area contributed by atoms with E-state index in [9.17, 15) is 14.7 Å². The van der Waals surface area contributed by atoms with Crippen molar-refractivity contribution in [2.24, 2.45) is 29.1 Å². The van der Waals surface area contributed by atoms with Crippen LogP contribution < -0.4 is 10.6 Å². The van der Waals surface area contributed by atoms with Crippen molar-refractivity contribution in [2.45, 2.75) is 78.5 Å². The predicted octanol–water partition coefficient (Wildman–Crippen LogP) is 2.56. The number of aromatic nitrogens is 2. The van der Waals surface area contributed by atoms with Crippen LogP contribution in [0.25, 0.3) is 0 Å². The van der Waals surface area contributed by atoms with Gasteiger partial charge in [-0.25, -0.2) is 4.98 Å². The summed E-state index contributed by atoms with van der Waals surface area (Å²) in [6, 6.07) is 0.0472. The summed E-state index contributed by atoms with van der Waals surface area (Å²) in [6.07, 6.45) is 7.62. The number of aliphatic hydroxyl groups excluding tert-OH is 1. The molecule has 2 aliphatic carbocycles. The van der Waals surface area contributed by atoms with Gasteiger partial charge in [-0.1, -0.05) is 20.8 Å². The lowest BCUT2D eigenvalue weighted by atomic mass is 9.51. The first-order valence-electron chi connectivity index (χ1n) is 11.2. The smallest absolute Gasteiger partial charge is 0.271 e. The Morgan fingerprint density at radius 3 is 2.53 bits per heavy atom. The van der Waals surface area contributed by atoms with Crippen molar-refractivity contribution in [3.8, 4) is 0 Å². The lowest BCUT2D eigenvalue weighted by molar-refractivity contribution is -0.142. The lowest BCUT2D eigenvalue weighted by Gasteiger charge is -2.56. The van der Waals surface area contributed by atoms with Crippen LogP contribution in [0, 0.1) is 29.1 Å². The fraction of sp³-hybridized carbons (Fsp3) is 0.739. The highest BCUT2D eigenvalue weighted by molar-refractivity contribution is 5.92. The third kappa shape index (κ3) is 4.51. The number of hydrogen-bond acceptors (Lipinski definition) is 5. The zero-order valence-electron chi connectivity index (χ0n) is 18.8. The zero-order chi connectivity index (χ0) is 22.1. The minimum atomic E-state index is -0.567. The molecule has 0 radical (unpaired) electrons. The van der Waals surface area contributed by atoms with Gasteiger partial charge in [0.2, 0.25) is 5.91 Å². The molecule has 2 saturated carbocycles. The van der Waals surface area contributed by atoms with Crippen LogP contribution in [0.2, 0.25) is 0 Å². The number of amides is 2. The lowest BCUT2D eigenvalue weighted by Crippen LogP contribution is -2.58. The highest BCUT2D eigenvalue weighted by Gasteiger charge is 2.53. The molecule has 7 nitrogen and oxygen atoms in total. The van der Waals surface area contributed by atoms with E-state index in [0.717, 1.165) is 25.7 Å². The number of nitrogens with one attached hydrogen (secondary N) is 2. The van der Waals surface area contributed by atoms with E-state index >= 15 is 0 Å². The number of nitrogens with zero attached hydrogens (tertiary/aromatic N) is 2. The number of carbonyl (C=O) groups is 2. The first-order valence-corrected chi connectivity index (χ1v) is 11.2. The third-order valence-corrected chi connectivity index (χ3v) is 7.49. The van der Waals surface area contributed by atoms with Gasteiger partial charge in [-0.2, -0.15) is 0 Å². The fourth-order valence-electron chi connectivity index (χ4n) is 5.77. The quantitative estimate of drug-likeness (QED) is 0.684. The maximum Gasteiger partial charge on any atom is 0.271 e. The molecule has 0 spiro atoms. The summed E-state index contributed by atoms with van der Waals surface area (Å²) < 4.78 is 0. The molecule has 1 aromatic rings. The van der Waals surface area contributed by atoms with Crippen molar-refractivity contribution in [3.05, 3.63) is 24.3 Å². The monoisotopic (exact) mass is 416 g/mol. The average molecular weight is 417 g/mol. The minimum Gasteiger partial charge on any atom is -0.392 e. The average Bonchev–Trinajstić information content (AvgIpc) is 2.70. The Morgan fingerprint density at radius 1 is 1.20 bits per heavy atom. The molecule has 2 fully saturated rings. The van der Waals surface area contributed by atoms with Gasteiger partial charge in [0, 0.05) is 30.4 Å². The molecule has 0 aromatic carbocycles. The second-order valence-corrected chi connectivity index (χ2v) is 9.89. The van der Waals surface area contributed by atoms with E-state index in [-0.39, 0.29) is 53.0 Å². The van der Waals surface area contributed by atoms with Gasteiger partial charge < -0.3 is 15.7 Å². The van der Waals surface area contributed by atoms with Crippen LogP contribution in [-0.2, 0) is 4.79 Å². The predicted molar refractivity (Wildman–Crippen MR) is 114 cm³/mol. The Bertz CT molecular complexity index is 756. The Hall–Kier alpha value is -2.02. The van der Waals surface area contributed by atoms with Crippen LogP contribution in [0.5, 0.6) is 0 Å². The zero-order valence-corrected chi connectivity index (χ0v) is 18.8. The molecule has 2 aliphatic rings. The highest BCUT2D eigenvalue weighted by Crippen LogP contribution is 2.55. The highest BCUT2D eigenvalue weighted by atomic mass is 16.3. The summed E-state index contributed by atoms with van der Waals surface area (Å²) in [5.41, 5.74) is 0.330. The van der Waals surface area contributed by atoms with Crippen molar-refractivity contribution in [1.29, 1.82) is 0 Å². The molecule has 7 heteroatoms. The maximum atomic E-state index is 12.6. The molecule has 30 heavy (non-hydrogen) atoms. The molecule has 0 saturated heterocycles. The molecule has 0 bridgehead atoms. The normalized spacial score (nSPS) is 34.7. The number of hydrogen-bond donors (Lipinski definition) is 3. The third-order valence-electron chi connectivity index (χ3n) is 7.49. The van der Waals surface area contributed by atoms with Crippen LogP contribution >= 0.6 is 0 Å². The van der Waals surface area contributed by atoms with E-state index in [0.29, 0.717) is 5.69 Å². The molecule has 3 N–H and O–H groups in total. The Kier molecular flexibility index (Phi) is 6.80. The van der Waals surface area contributed by atoms with E-state index in [2.05, 4.69) is 34.4 Å². The number of aliphatic hydroxyl groups is 1. The van der Waals surface area contributed by atoms with Crippen LogP contribution in [0.1, 0.15) is 70.8 Å². The van der Waals surface area contributed by atoms with Crippen LogP contribution in [0.3, 0.4) is 0 Å². The van der Waals surface area contributed by atoms with Gasteiger partial charge in [-0.05, 0) is 62.7 Å². The van der Waals surface area contributed by atoms with Gasteiger partial charge in [-0.15, -0.1) is 0 Å². The van der Waals surface area contributed by atoms with E-state index in [4.69, 9.17) is 0 Å². The molecule has 3 rings (SSSR count). The largest absolute Gasteiger partial charge is 0.392 e. The summed E-state index contributed by atoms with van der Waals surface area (Å²) in [5.74, 6) is -0.398. The number of fused-ring (bicyclic) bond motifs is 1. The van der Waals surface area contributed by atoms with Crippen molar-refractivity contribution in [3.63, 3.8) is 0 Å². The van der Waals surface area contributed by atoms with Gasteiger partial charge in [0.25, 0.3) is 5.91 Å². The van der Waals surface area contributed by atoms with E-state index in [1.807, 2.05) is 20.8 Å². The van der Waals surface area contributed by atoms with Crippen molar-refractivity contribution in [1.82, 2.24) is 20.6 Å². The first kappa shape index (κ1) is 22.7.